The van der Waals surface area contributed by atoms with Gasteiger partial charge in [0, 0.05) is 6.54 Å². The molecular formula is C15H20N2O2. The highest BCUT2D eigenvalue weighted by Crippen LogP contribution is 2.35. The standard InChI is InChI=1S/C15H20N2O2/c1-10-3-4-13-14(7-10)19-11(2)9-17(13)15(18)12-5-6-16-8-12/h3-4,7,11-12,16H,5-6,8-9H2,1-2H3. The van der Waals surface area contributed by atoms with Gasteiger partial charge >= 0.3 is 0 Å². The van der Waals surface area contributed by atoms with E-state index >= 15 is 0 Å². The summed E-state index contributed by atoms with van der Waals surface area (Å²) in [6, 6.07) is 6.04. The first-order valence-corrected chi connectivity index (χ1v) is 6.94. The number of ether oxygens (including phenoxy) is 1. The van der Waals surface area contributed by atoms with Crippen LogP contribution in [0.25, 0.3) is 0 Å². The van der Waals surface area contributed by atoms with Crippen LogP contribution in [0.1, 0.15) is 18.9 Å². The van der Waals surface area contributed by atoms with Gasteiger partial charge in [0.15, 0.2) is 0 Å². The van der Waals surface area contributed by atoms with Crippen molar-refractivity contribution in [3.05, 3.63) is 23.8 Å². The smallest absolute Gasteiger partial charge is 0.231 e. The highest BCUT2D eigenvalue weighted by atomic mass is 16.5. The van der Waals surface area contributed by atoms with Crippen LogP contribution in [-0.2, 0) is 4.79 Å². The summed E-state index contributed by atoms with van der Waals surface area (Å²) in [6.07, 6.45) is 0.985. The lowest BCUT2D eigenvalue weighted by atomic mass is 10.0. The molecule has 0 aromatic heterocycles. The minimum atomic E-state index is 0.0487. The minimum absolute atomic E-state index is 0.0487. The van der Waals surface area contributed by atoms with Crippen LogP contribution in [0.3, 0.4) is 0 Å². The molecule has 0 radical (unpaired) electrons. The third-order valence-corrected chi connectivity index (χ3v) is 3.85. The maximum absolute atomic E-state index is 12.6. The first kappa shape index (κ1) is 12.5. The fraction of sp³-hybridized carbons (Fsp3) is 0.533. The van der Waals surface area contributed by atoms with Gasteiger partial charge in [-0.3, -0.25) is 4.79 Å². The number of fused-ring (bicyclic) bond motifs is 1. The summed E-state index contributed by atoms with van der Waals surface area (Å²) in [4.78, 5) is 14.5. The van der Waals surface area contributed by atoms with Crippen molar-refractivity contribution in [2.24, 2.45) is 5.92 Å². The highest BCUT2D eigenvalue weighted by Gasteiger charge is 2.33. The van der Waals surface area contributed by atoms with Gasteiger partial charge in [-0.05, 0) is 44.5 Å². The highest BCUT2D eigenvalue weighted by molar-refractivity contribution is 5.97. The number of rotatable bonds is 1. The molecular weight excluding hydrogens is 240 g/mol. The van der Waals surface area contributed by atoms with Crippen molar-refractivity contribution in [2.45, 2.75) is 26.4 Å². The zero-order chi connectivity index (χ0) is 13.4. The van der Waals surface area contributed by atoms with E-state index in [1.54, 1.807) is 0 Å². The molecule has 1 saturated heterocycles. The normalized spacial score (nSPS) is 25.9. The Bertz CT molecular complexity index is 495. The second-order valence-electron chi connectivity index (χ2n) is 5.54. The predicted octanol–water partition coefficient (Wildman–Crippen LogP) is 1.72. The third kappa shape index (κ3) is 2.32. The van der Waals surface area contributed by atoms with Gasteiger partial charge < -0.3 is 15.0 Å². The van der Waals surface area contributed by atoms with Crippen LogP contribution in [0, 0.1) is 12.8 Å². The SMILES string of the molecule is Cc1ccc2c(c1)OC(C)CN2C(=O)C1CCNC1. The van der Waals surface area contributed by atoms with Crippen molar-refractivity contribution in [2.75, 3.05) is 24.5 Å². The number of amides is 1. The predicted molar refractivity (Wildman–Crippen MR) is 74.6 cm³/mol. The number of nitrogens with one attached hydrogen (secondary N) is 1. The number of aryl methyl sites for hydroxylation is 1. The Morgan fingerprint density at radius 2 is 2.32 bits per heavy atom. The molecule has 19 heavy (non-hydrogen) atoms. The van der Waals surface area contributed by atoms with Crippen LogP contribution in [0.2, 0.25) is 0 Å². The van der Waals surface area contributed by atoms with E-state index in [2.05, 4.69) is 5.32 Å². The number of hydrogen-bond donors (Lipinski definition) is 1. The lowest BCUT2D eigenvalue weighted by Gasteiger charge is -2.35. The van der Waals surface area contributed by atoms with E-state index in [1.165, 1.54) is 0 Å². The summed E-state index contributed by atoms with van der Waals surface area (Å²) >= 11 is 0. The molecule has 2 heterocycles. The number of benzene rings is 1. The Labute approximate surface area is 113 Å². The molecule has 1 N–H and O–H groups in total. The third-order valence-electron chi connectivity index (χ3n) is 3.85. The molecule has 0 bridgehead atoms. The molecule has 2 aliphatic heterocycles. The van der Waals surface area contributed by atoms with E-state index in [1.807, 2.05) is 36.9 Å². The maximum atomic E-state index is 12.6. The van der Waals surface area contributed by atoms with Gasteiger partial charge in [-0.15, -0.1) is 0 Å². The molecule has 102 valence electrons. The molecule has 0 saturated carbocycles. The van der Waals surface area contributed by atoms with E-state index < -0.39 is 0 Å². The van der Waals surface area contributed by atoms with Crippen LogP contribution in [0.4, 0.5) is 5.69 Å². The van der Waals surface area contributed by atoms with E-state index in [-0.39, 0.29) is 17.9 Å². The van der Waals surface area contributed by atoms with Crippen LogP contribution in [0.15, 0.2) is 18.2 Å². The average molecular weight is 260 g/mol. The van der Waals surface area contributed by atoms with Crippen molar-refractivity contribution in [1.29, 1.82) is 0 Å². The topological polar surface area (TPSA) is 41.6 Å². The Hall–Kier alpha value is -1.55. The van der Waals surface area contributed by atoms with Crippen LogP contribution in [0.5, 0.6) is 5.75 Å². The first-order valence-electron chi connectivity index (χ1n) is 6.94. The zero-order valence-corrected chi connectivity index (χ0v) is 11.5. The van der Waals surface area contributed by atoms with Gasteiger partial charge in [0.05, 0.1) is 18.2 Å². The number of anilines is 1. The number of carbonyl (C=O) groups excluding carboxylic acids is 1. The molecule has 2 unspecified atom stereocenters. The Morgan fingerprint density at radius 1 is 1.47 bits per heavy atom. The van der Waals surface area contributed by atoms with E-state index in [4.69, 9.17) is 4.74 Å². The van der Waals surface area contributed by atoms with Crippen molar-refractivity contribution >= 4 is 11.6 Å². The van der Waals surface area contributed by atoms with E-state index in [0.717, 1.165) is 36.5 Å². The average Bonchev–Trinajstić information content (AvgIpc) is 2.90. The summed E-state index contributed by atoms with van der Waals surface area (Å²) in [5, 5.41) is 3.26. The largest absolute Gasteiger partial charge is 0.487 e. The first-order chi connectivity index (χ1) is 9.15. The molecule has 0 aliphatic carbocycles. The van der Waals surface area contributed by atoms with Crippen LogP contribution < -0.4 is 15.0 Å². The van der Waals surface area contributed by atoms with Crippen LogP contribution >= 0.6 is 0 Å². The second kappa shape index (κ2) is 4.85. The fourth-order valence-corrected chi connectivity index (χ4v) is 2.84. The Kier molecular flexibility index (Phi) is 3.19. The Balaban J connectivity index is 1.92. The molecule has 1 amide bonds. The lowest BCUT2D eigenvalue weighted by molar-refractivity contribution is -0.122. The molecule has 1 aromatic carbocycles. The van der Waals surface area contributed by atoms with Crippen molar-refractivity contribution in [3.63, 3.8) is 0 Å². The maximum Gasteiger partial charge on any atom is 0.231 e. The summed E-state index contributed by atoms with van der Waals surface area (Å²) in [6.45, 7) is 6.43. The van der Waals surface area contributed by atoms with E-state index in [0.29, 0.717) is 6.54 Å². The summed E-state index contributed by atoms with van der Waals surface area (Å²) in [5.41, 5.74) is 2.07. The Morgan fingerprint density at radius 3 is 3.05 bits per heavy atom. The fourth-order valence-electron chi connectivity index (χ4n) is 2.84. The molecule has 3 rings (SSSR count). The van der Waals surface area contributed by atoms with Crippen LogP contribution in [-0.4, -0.2) is 31.6 Å². The summed E-state index contributed by atoms with van der Waals surface area (Å²) in [7, 11) is 0. The van der Waals surface area contributed by atoms with Gasteiger partial charge in [-0.1, -0.05) is 6.07 Å². The zero-order valence-electron chi connectivity index (χ0n) is 11.5. The van der Waals surface area contributed by atoms with Gasteiger partial charge in [0.1, 0.15) is 11.9 Å². The summed E-state index contributed by atoms with van der Waals surface area (Å²) in [5.74, 6) is 1.17. The second-order valence-corrected chi connectivity index (χ2v) is 5.54. The summed E-state index contributed by atoms with van der Waals surface area (Å²) < 4.78 is 5.85. The van der Waals surface area contributed by atoms with Gasteiger partial charge in [0.25, 0.3) is 0 Å². The van der Waals surface area contributed by atoms with Gasteiger partial charge in [-0.2, -0.15) is 0 Å². The minimum Gasteiger partial charge on any atom is -0.487 e. The molecule has 2 atom stereocenters. The van der Waals surface area contributed by atoms with Gasteiger partial charge in [0.2, 0.25) is 5.91 Å². The quantitative estimate of drug-likeness (QED) is 0.836. The number of carbonyl (C=O) groups is 1. The monoisotopic (exact) mass is 260 g/mol. The van der Waals surface area contributed by atoms with Gasteiger partial charge in [-0.25, -0.2) is 0 Å². The number of hydrogen-bond acceptors (Lipinski definition) is 3. The van der Waals surface area contributed by atoms with E-state index in [9.17, 15) is 4.79 Å². The van der Waals surface area contributed by atoms with Crippen molar-refractivity contribution in [3.8, 4) is 5.75 Å². The molecule has 1 aromatic rings. The molecule has 2 aliphatic rings. The molecule has 1 fully saturated rings. The van der Waals surface area contributed by atoms with Crippen molar-refractivity contribution in [1.82, 2.24) is 5.32 Å². The molecule has 0 spiro atoms. The number of nitrogens with zero attached hydrogens (tertiary/aromatic N) is 1. The lowest BCUT2D eigenvalue weighted by Crippen LogP contribution is -2.45. The molecule has 4 heteroatoms. The molecule has 4 nitrogen and oxygen atoms in total. The van der Waals surface area contributed by atoms with Crippen molar-refractivity contribution < 1.29 is 9.53 Å².